The Balaban J connectivity index is 2.40. The first-order valence-electron chi connectivity index (χ1n) is 5.19. The Morgan fingerprint density at radius 3 is 2.50 bits per heavy atom. The topological polar surface area (TPSA) is 57.4 Å². The van der Waals surface area contributed by atoms with Crippen molar-refractivity contribution < 1.29 is 9.47 Å². The number of rotatable bonds is 1. The predicted molar refractivity (Wildman–Crippen MR) is 62.1 cm³/mol. The van der Waals surface area contributed by atoms with Crippen molar-refractivity contribution in [1.82, 2.24) is 4.98 Å². The summed E-state index contributed by atoms with van der Waals surface area (Å²) < 4.78 is 11.6. The van der Waals surface area contributed by atoms with Crippen LogP contribution in [0.4, 0.5) is 5.69 Å². The van der Waals surface area contributed by atoms with E-state index in [0.717, 1.165) is 5.56 Å². The van der Waals surface area contributed by atoms with Gasteiger partial charge in [0.05, 0.1) is 24.1 Å². The first-order valence-corrected chi connectivity index (χ1v) is 5.57. The molecule has 0 amide bonds. The lowest BCUT2D eigenvalue weighted by Gasteiger charge is -2.25. The SMILES string of the molecule is CC1OC(C)(c2cc(Cl)ncc2N)O[C@@H]1C. The molecule has 1 aliphatic heterocycles. The van der Waals surface area contributed by atoms with Gasteiger partial charge < -0.3 is 15.2 Å². The summed E-state index contributed by atoms with van der Waals surface area (Å²) in [6, 6.07) is 1.68. The van der Waals surface area contributed by atoms with Gasteiger partial charge in [-0.25, -0.2) is 4.98 Å². The van der Waals surface area contributed by atoms with Crippen LogP contribution in [0.5, 0.6) is 0 Å². The lowest BCUT2D eigenvalue weighted by atomic mass is 10.1. The Kier molecular flexibility index (Phi) is 2.82. The van der Waals surface area contributed by atoms with E-state index in [4.69, 9.17) is 26.8 Å². The highest BCUT2D eigenvalue weighted by atomic mass is 35.5. The number of nitrogens with zero attached hydrogens (tertiary/aromatic N) is 1. The molecule has 2 unspecified atom stereocenters. The molecule has 5 heteroatoms. The normalized spacial score (nSPS) is 34.2. The van der Waals surface area contributed by atoms with Crippen LogP contribution in [-0.4, -0.2) is 17.2 Å². The largest absolute Gasteiger partial charge is 0.397 e. The Bertz CT molecular complexity index is 401. The second-order valence-corrected chi connectivity index (χ2v) is 4.57. The fourth-order valence-corrected chi connectivity index (χ4v) is 2.05. The van der Waals surface area contributed by atoms with Crippen LogP contribution < -0.4 is 5.73 Å². The highest BCUT2D eigenvalue weighted by molar-refractivity contribution is 6.29. The van der Waals surface area contributed by atoms with Gasteiger partial charge in [0.15, 0.2) is 5.79 Å². The van der Waals surface area contributed by atoms with Gasteiger partial charge >= 0.3 is 0 Å². The maximum absolute atomic E-state index is 5.86. The van der Waals surface area contributed by atoms with Gasteiger partial charge in [-0.15, -0.1) is 0 Å². The molecule has 0 radical (unpaired) electrons. The molecule has 1 aromatic heterocycles. The standard InChI is InChI=1S/C11H15ClN2O2/c1-6-7(2)16-11(3,15-6)8-4-10(12)14-5-9(8)13/h4-7H,13H2,1-3H3/t6-,7?,11?/m1/s1. The Morgan fingerprint density at radius 2 is 1.94 bits per heavy atom. The van der Waals surface area contributed by atoms with Gasteiger partial charge in [-0.1, -0.05) is 11.6 Å². The molecule has 1 saturated heterocycles. The van der Waals surface area contributed by atoms with Crippen molar-refractivity contribution in [2.24, 2.45) is 0 Å². The second-order valence-electron chi connectivity index (χ2n) is 4.19. The number of hydrogen-bond acceptors (Lipinski definition) is 4. The van der Waals surface area contributed by atoms with E-state index in [1.807, 2.05) is 20.8 Å². The van der Waals surface area contributed by atoms with Gasteiger partial charge in [-0.2, -0.15) is 0 Å². The van der Waals surface area contributed by atoms with Crippen LogP contribution in [0.1, 0.15) is 26.3 Å². The second kappa shape index (κ2) is 3.87. The van der Waals surface area contributed by atoms with E-state index < -0.39 is 5.79 Å². The van der Waals surface area contributed by atoms with Crippen molar-refractivity contribution in [3.63, 3.8) is 0 Å². The van der Waals surface area contributed by atoms with Crippen molar-refractivity contribution in [2.45, 2.75) is 38.8 Å². The molecule has 0 aromatic carbocycles. The van der Waals surface area contributed by atoms with Gasteiger partial charge in [0, 0.05) is 5.56 Å². The summed E-state index contributed by atoms with van der Waals surface area (Å²) in [7, 11) is 0. The van der Waals surface area contributed by atoms with Crippen molar-refractivity contribution in [2.75, 3.05) is 5.73 Å². The average molecular weight is 243 g/mol. The number of nitrogen functional groups attached to an aromatic ring is 1. The van der Waals surface area contributed by atoms with Gasteiger partial charge in [0.2, 0.25) is 0 Å². The molecular formula is C11H15ClN2O2. The third-order valence-electron chi connectivity index (χ3n) is 2.87. The van der Waals surface area contributed by atoms with Gasteiger partial charge in [-0.05, 0) is 26.8 Å². The third kappa shape index (κ3) is 1.88. The molecule has 0 saturated carbocycles. The zero-order valence-corrected chi connectivity index (χ0v) is 10.3. The van der Waals surface area contributed by atoms with Crippen molar-refractivity contribution in [1.29, 1.82) is 0 Å². The van der Waals surface area contributed by atoms with Gasteiger partial charge in [0.1, 0.15) is 5.15 Å². The summed E-state index contributed by atoms with van der Waals surface area (Å²) in [6.07, 6.45) is 1.57. The highest BCUT2D eigenvalue weighted by Gasteiger charge is 2.42. The number of hydrogen-bond donors (Lipinski definition) is 1. The average Bonchev–Trinajstić information content (AvgIpc) is 2.46. The Hall–Kier alpha value is -0.840. The van der Waals surface area contributed by atoms with Gasteiger partial charge in [0.25, 0.3) is 0 Å². The molecule has 2 rings (SSSR count). The molecule has 0 bridgehead atoms. The minimum atomic E-state index is -0.838. The lowest BCUT2D eigenvalue weighted by molar-refractivity contribution is -0.166. The van der Waals surface area contributed by atoms with Crippen LogP contribution in [0.25, 0.3) is 0 Å². The van der Waals surface area contributed by atoms with Crippen molar-refractivity contribution in [3.8, 4) is 0 Å². The Morgan fingerprint density at radius 1 is 1.38 bits per heavy atom. The van der Waals surface area contributed by atoms with Crippen LogP contribution in [0.15, 0.2) is 12.3 Å². The molecule has 4 nitrogen and oxygen atoms in total. The molecule has 1 aromatic rings. The number of nitrogens with two attached hydrogens (primary N) is 1. The highest BCUT2D eigenvalue weighted by Crippen LogP contribution is 2.39. The van der Waals surface area contributed by atoms with E-state index in [1.54, 1.807) is 6.07 Å². The molecule has 2 N–H and O–H groups in total. The predicted octanol–water partition coefficient (Wildman–Crippen LogP) is 2.31. The molecule has 2 heterocycles. The minimum absolute atomic E-state index is 0.0244. The fraction of sp³-hybridized carbons (Fsp3) is 0.545. The monoisotopic (exact) mass is 242 g/mol. The summed E-state index contributed by atoms with van der Waals surface area (Å²) in [5.41, 5.74) is 7.11. The molecule has 16 heavy (non-hydrogen) atoms. The van der Waals surface area contributed by atoms with Crippen LogP contribution >= 0.6 is 11.6 Å². The molecule has 3 atom stereocenters. The molecule has 0 spiro atoms. The summed E-state index contributed by atoms with van der Waals surface area (Å²) in [5, 5.41) is 0.379. The zero-order valence-electron chi connectivity index (χ0n) is 9.53. The maximum Gasteiger partial charge on any atom is 0.194 e. The third-order valence-corrected chi connectivity index (χ3v) is 3.08. The van der Waals surface area contributed by atoms with Crippen LogP contribution in [-0.2, 0) is 15.3 Å². The molecular weight excluding hydrogens is 228 g/mol. The molecule has 0 aliphatic carbocycles. The van der Waals surface area contributed by atoms with E-state index in [1.165, 1.54) is 6.20 Å². The van der Waals surface area contributed by atoms with Crippen LogP contribution in [0.2, 0.25) is 5.15 Å². The zero-order chi connectivity index (χ0) is 11.9. The van der Waals surface area contributed by atoms with E-state index in [0.29, 0.717) is 10.8 Å². The number of aromatic nitrogens is 1. The number of ether oxygens (including phenoxy) is 2. The lowest BCUT2D eigenvalue weighted by Crippen LogP contribution is -2.25. The van der Waals surface area contributed by atoms with E-state index >= 15 is 0 Å². The fourth-order valence-electron chi connectivity index (χ4n) is 1.89. The summed E-state index contributed by atoms with van der Waals surface area (Å²) in [5.74, 6) is -0.838. The number of anilines is 1. The summed E-state index contributed by atoms with van der Waals surface area (Å²) in [4.78, 5) is 3.91. The summed E-state index contributed by atoms with van der Waals surface area (Å²) >= 11 is 5.85. The quantitative estimate of drug-likeness (QED) is 0.768. The molecule has 1 fully saturated rings. The van der Waals surface area contributed by atoms with E-state index in [2.05, 4.69) is 4.98 Å². The first-order chi connectivity index (χ1) is 7.42. The summed E-state index contributed by atoms with van der Waals surface area (Å²) in [6.45, 7) is 5.78. The van der Waals surface area contributed by atoms with E-state index in [-0.39, 0.29) is 12.2 Å². The van der Waals surface area contributed by atoms with E-state index in [9.17, 15) is 0 Å². The molecule has 1 aliphatic rings. The van der Waals surface area contributed by atoms with Crippen LogP contribution in [0.3, 0.4) is 0 Å². The van der Waals surface area contributed by atoms with Crippen LogP contribution in [0, 0.1) is 0 Å². The smallest absolute Gasteiger partial charge is 0.194 e. The van der Waals surface area contributed by atoms with Crippen molar-refractivity contribution in [3.05, 3.63) is 23.0 Å². The molecule has 88 valence electrons. The number of halogens is 1. The minimum Gasteiger partial charge on any atom is -0.397 e. The maximum atomic E-state index is 5.86. The van der Waals surface area contributed by atoms with Crippen molar-refractivity contribution >= 4 is 17.3 Å². The Labute approximate surface area is 99.7 Å². The number of pyridine rings is 1. The van der Waals surface area contributed by atoms with Gasteiger partial charge in [-0.3, -0.25) is 0 Å². The first kappa shape index (κ1) is 11.6.